The first-order valence-corrected chi connectivity index (χ1v) is 8.79. The van der Waals surface area contributed by atoms with Gasteiger partial charge in [0.1, 0.15) is 11.9 Å². The smallest absolute Gasteiger partial charge is 0.242 e. The summed E-state index contributed by atoms with van der Waals surface area (Å²) in [6.45, 7) is 2.45. The lowest BCUT2D eigenvalue weighted by Gasteiger charge is -2.22. The minimum Gasteiger partial charge on any atom is -0.354 e. The molecule has 3 rings (SSSR count). The minimum atomic E-state index is -0.686. The van der Waals surface area contributed by atoms with E-state index in [1.807, 2.05) is 0 Å². The summed E-state index contributed by atoms with van der Waals surface area (Å²) < 4.78 is 13.1. The molecule has 2 amide bonds. The summed E-state index contributed by atoms with van der Waals surface area (Å²) in [7, 11) is 0. The molecular formula is C18H23FN6O2. The Morgan fingerprint density at radius 2 is 2.11 bits per heavy atom. The molecular weight excluding hydrogens is 351 g/mol. The highest BCUT2D eigenvalue weighted by atomic mass is 19.1. The summed E-state index contributed by atoms with van der Waals surface area (Å²) >= 11 is 0. The number of benzene rings is 1. The number of halogens is 1. The molecule has 2 unspecified atom stereocenters. The SMILES string of the molecule is CC(=O)N[C@@H](Cc1cnc[nH]1)C(=O)NCC1CNNC1c1ccc(F)cc1. The normalized spacial score (nSPS) is 20.2. The summed E-state index contributed by atoms with van der Waals surface area (Å²) in [6, 6.07) is 5.57. The van der Waals surface area contributed by atoms with E-state index in [9.17, 15) is 14.0 Å². The topological polar surface area (TPSA) is 111 Å². The molecule has 0 bridgehead atoms. The molecule has 1 saturated heterocycles. The molecule has 2 heterocycles. The number of imidazole rings is 1. The summed E-state index contributed by atoms with van der Waals surface area (Å²) in [6.07, 6.45) is 3.48. The highest BCUT2D eigenvalue weighted by Gasteiger charge is 2.29. The van der Waals surface area contributed by atoms with Crippen LogP contribution in [0.4, 0.5) is 4.39 Å². The average molecular weight is 374 g/mol. The van der Waals surface area contributed by atoms with Crippen LogP contribution in [0.5, 0.6) is 0 Å². The van der Waals surface area contributed by atoms with Crippen LogP contribution in [-0.2, 0) is 16.0 Å². The van der Waals surface area contributed by atoms with E-state index in [0.717, 1.165) is 11.3 Å². The number of nitrogens with one attached hydrogen (secondary N) is 5. The van der Waals surface area contributed by atoms with Crippen molar-refractivity contribution in [1.29, 1.82) is 0 Å². The standard InChI is InChI=1S/C18H23FN6O2/c1-11(26)24-16(6-15-9-20-10-22-15)18(27)21-7-13-8-23-25-17(13)12-2-4-14(19)5-3-12/h2-5,9-10,13,16-17,23,25H,6-8H2,1H3,(H,20,22)(H,21,27)(H,24,26)/t13?,16-,17?/m0/s1. The Bertz CT molecular complexity index is 765. The molecule has 1 aliphatic rings. The first-order chi connectivity index (χ1) is 13.0. The maximum atomic E-state index is 13.1. The van der Waals surface area contributed by atoms with Crippen LogP contribution in [0.2, 0.25) is 0 Å². The summed E-state index contributed by atoms with van der Waals surface area (Å²) in [5.41, 5.74) is 7.94. The van der Waals surface area contributed by atoms with Crippen molar-refractivity contribution < 1.29 is 14.0 Å². The number of amides is 2. The molecule has 8 nitrogen and oxygen atoms in total. The van der Waals surface area contributed by atoms with E-state index in [-0.39, 0.29) is 29.6 Å². The number of aromatic nitrogens is 2. The Kier molecular flexibility index (Phi) is 6.15. The quantitative estimate of drug-likeness (QED) is 0.475. The van der Waals surface area contributed by atoms with Crippen LogP contribution in [-0.4, -0.2) is 40.9 Å². The fourth-order valence-corrected chi connectivity index (χ4v) is 3.18. The predicted molar refractivity (Wildman–Crippen MR) is 96.7 cm³/mol. The molecule has 0 aliphatic carbocycles. The van der Waals surface area contributed by atoms with E-state index < -0.39 is 6.04 Å². The van der Waals surface area contributed by atoms with Crippen LogP contribution in [0.1, 0.15) is 24.2 Å². The van der Waals surface area contributed by atoms with Gasteiger partial charge in [-0.1, -0.05) is 12.1 Å². The highest BCUT2D eigenvalue weighted by molar-refractivity contribution is 5.87. The van der Waals surface area contributed by atoms with Gasteiger partial charge >= 0.3 is 0 Å². The third-order valence-corrected chi connectivity index (χ3v) is 4.53. The van der Waals surface area contributed by atoms with Gasteiger partial charge in [0.2, 0.25) is 11.8 Å². The Labute approximate surface area is 156 Å². The van der Waals surface area contributed by atoms with Gasteiger partial charge in [0, 0.05) is 44.2 Å². The molecule has 1 aromatic carbocycles. The van der Waals surface area contributed by atoms with Gasteiger partial charge in [-0.2, -0.15) is 0 Å². The van der Waals surface area contributed by atoms with E-state index in [1.54, 1.807) is 18.3 Å². The van der Waals surface area contributed by atoms with Crippen molar-refractivity contribution in [2.24, 2.45) is 5.92 Å². The van der Waals surface area contributed by atoms with E-state index in [2.05, 4.69) is 31.5 Å². The Hall–Kier alpha value is -2.78. The number of carbonyl (C=O) groups is 2. The van der Waals surface area contributed by atoms with Gasteiger partial charge in [0.25, 0.3) is 0 Å². The average Bonchev–Trinajstić information content (AvgIpc) is 3.31. The van der Waals surface area contributed by atoms with Crippen molar-refractivity contribution in [3.63, 3.8) is 0 Å². The van der Waals surface area contributed by atoms with Crippen molar-refractivity contribution in [2.75, 3.05) is 13.1 Å². The van der Waals surface area contributed by atoms with Crippen molar-refractivity contribution in [3.05, 3.63) is 53.9 Å². The number of carbonyl (C=O) groups excluding carboxylic acids is 2. The second-order valence-electron chi connectivity index (χ2n) is 6.59. The Balaban J connectivity index is 1.60. The Morgan fingerprint density at radius 3 is 2.78 bits per heavy atom. The largest absolute Gasteiger partial charge is 0.354 e. The zero-order valence-electron chi connectivity index (χ0n) is 15.0. The molecule has 27 heavy (non-hydrogen) atoms. The van der Waals surface area contributed by atoms with Crippen molar-refractivity contribution in [2.45, 2.75) is 25.4 Å². The number of H-pyrrole nitrogens is 1. The Morgan fingerprint density at radius 1 is 1.33 bits per heavy atom. The van der Waals surface area contributed by atoms with Crippen LogP contribution in [0.25, 0.3) is 0 Å². The lowest BCUT2D eigenvalue weighted by Crippen LogP contribution is -2.48. The second kappa shape index (κ2) is 8.74. The van der Waals surface area contributed by atoms with Gasteiger partial charge in [0.05, 0.1) is 12.4 Å². The van der Waals surface area contributed by atoms with Gasteiger partial charge in [0.15, 0.2) is 0 Å². The van der Waals surface area contributed by atoms with Crippen LogP contribution in [0.15, 0.2) is 36.8 Å². The lowest BCUT2D eigenvalue weighted by molar-refractivity contribution is -0.128. The number of rotatable bonds is 7. The number of hydrogen-bond acceptors (Lipinski definition) is 5. The van der Waals surface area contributed by atoms with E-state index in [0.29, 0.717) is 19.5 Å². The van der Waals surface area contributed by atoms with Crippen LogP contribution < -0.4 is 21.5 Å². The van der Waals surface area contributed by atoms with Crippen LogP contribution >= 0.6 is 0 Å². The molecule has 144 valence electrons. The van der Waals surface area contributed by atoms with Gasteiger partial charge in [-0.25, -0.2) is 14.8 Å². The van der Waals surface area contributed by atoms with E-state index in [4.69, 9.17) is 0 Å². The maximum absolute atomic E-state index is 13.1. The molecule has 9 heteroatoms. The van der Waals surface area contributed by atoms with Gasteiger partial charge < -0.3 is 15.6 Å². The van der Waals surface area contributed by atoms with E-state index >= 15 is 0 Å². The lowest BCUT2D eigenvalue weighted by atomic mass is 9.94. The fourth-order valence-electron chi connectivity index (χ4n) is 3.18. The summed E-state index contributed by atoms with van der Waals surface area (Å²) in [4.78, 5) is 30.9. The zero-order chi connectivity index (χ0) is 19.2. The molecule has 0 radical (unpaired) electrons. The van der Waals surface area contributed by atoms with Gasteiger partial charge in [-0.15, -0.1) is 0 Å². The minimum absolute atomic E-state index is 0.0438. The predicted octanol–water partition coefficient (Wildman–Crippen LogP) is 0.178. The highest BCUT2D eigenvalue weighted by Crippen LogP contribution is 2.24. The maximum Gasteiger partial charge on any atom is 0.242 e. The van der Waals surface area contributed by atoms with Crippen LogP contribution in [0, 0.1) is 11.7 Å². The molecule has 3 atom stereocenters. The monoisotopic (exact) mass is 374 g/mol. The number of aromatic amines is 1. The zero-order valence-corrected chi connectivity index (χ0v) is 15.0. The van der Waals surface area contributed by atoms with E-state index in [1.165, 1.54) is 25.4 Å². The molecule has 5 N–H and O–H groups in total. The molecule has 2 aromatic rings. The summed E-state index contributed by atoms with van der Waals surface area (Å²) in [5, 5.41) is 5.58. The third kappa shape index (κ3) is 5.11. The molecule has 1 aliphatic heterocycles. The molecule has 1 aromatic heterocycles. The third-order valence-electron chi connectivity index (χ3n) is 4.53. The molecule has 0 saturated carbocycles. The van der Waals surface area contributed by atoms with Gasteiger partial charge in [-0.3, -0.25) is 15.0 Å². The van der Waals surface area contributed by atoms with Crippen LogP contribution in [0.3, 0.4) is 0 Å². The second-order valence-corrected chi connectivity index (χ2v) is 6.59. The molecule has 1 fully saturated rings. The number of hydrogen-bond donors (Lipinski definition) is 5. The van der Waals surface area contributed by atoms with Crippen molar-refractivity contribution in [1.82, 2.24) is 31.5 Å². The fraction of sp³-hybridized carbons (Fsp3) is 0.389. The number of nitrogens with zero attached hydrogens (tertiary/aromatic N) is 1. The van der Waals surface area contributed by atoms with Crippen molar-refractivity contribution >= 4 is 11.8 Å². The molecule has 0 spiro atoms. The summed E-state index contributed by atoms with van der Waals surface area (Å²) in [5.74, 6) is -0.733. The first kappa shape index (κ1) is 19.0. The first-order valence-electron chi connectivity index (χ1n) is 8.79. The number of hydrazine groups is 1. The van der Waals surface area contributed by atoms with Crippen molar-refractivity contribution in [3.8, 4) is 0 Å². The van der Waals surface area contributed by atoms with Gasteiger partial charge in [-0.05, 0) is 17.7 Å².